The Kier molecular flexibility index (Phi) is 3.22. The number of benzene rings is 2. The fourth-order valence-electron chi connectivity index (χ4n) is 2.52. The maximum absolute atomic E-state index is 12.5. The topological polar surface area (TPSA) is 57.5 Å². The standard InChI is InChI=1S/C15H14O3S/c16-13-11-8-4-5-9-12(11)14(17)15(13)19(18)10-6-2-1-3-7-10/h1-9,13-17H/t13-,14-,19?/m0/s1. The Morgan fingerprint density at radius 1 is 0.789 bits per heavy atom. The van der Waals surface area contributed by atoms with Crippen LogP contribution in [0.3, 0.4) is 0 Å². The number of hydrogen-bond acceptors (Lipinski definition) is 3. The van der Waals surface area contributed by atoms with Crippen LogP contribution in [-0.2, 0) is 10.8 Å². The van der Waals surface area contributed by atoms with Crippen LogP contribution >= 0.6 is 0 Å². The molecule has 2 aromatic carbocycles. The van der Waals surface area contributed by atoms with Gasteiger partial charge in [-0.2, -0.15) is 0 Å². The SMILES string of the molecule is O=S(c1ccccc1)C1[C@@H](O)c2ccccc2[C@@H]1O. The summed E-state index contributed by atoms with van der Waals surface area (Å²) in [6, 6.07) is 16.1. The second-order valence-corrected chi connectivity index (χ2v) is 6.20. The van der Waals surface area contributed by atoms with E-state index in [0.717, 1.165) is 0 Å². The van der Waals surface area contributed by atoms with Gasteiger partial charge in [0, 0.05) is 4.90 Å². The van der Waals surface area contributed by atoms with Crippen molar-refractivity contribution in [3.63, 3.8) is 0 Å². The van der Waals surface area contributed by atoms with E-state index in [-0.39, 0.29) is 0 Å². The van der Waals surface area contributed by atoms with Gasteiger partial charge in [-0.05, 0) is 23.3 Å². The molecule has 3 nitrogen and oxygen atoms in total. The second-order valence-electron chi connectivity index (χ2n) is 4.59. The largest absolute Gasteiger partial charge is 0.387 e. The van der Waals surface area contributed by atoms with Crippen molar-refractivity contribution in [1.29, 1.82) is 0 Å². The lowest BCUT2D eigenvalue weighted by molar-refractivity contribution is 0.113. The van der Waals surface area contributed by atoms with Gasteiger partial charge in [-0.15, -0.1) is 0 Å². The third-order valence-electron chi connectivity index (χ3n) is 3.48. The maximum atomic E-state index is 12.5. The third-order valence-corrected chi connectivity index (χ3v) is 5.23. The van der Waals surface area contributed by atoms with E-state index in [2.05, 4.69) is 0 Å². The molecule has 4 heteroatoms. The van der Waals surface area contributed by atoms with Gasteiger partial charge in [0.15, 0.2) is 0 Å². The minimum Gasteiger partial charge on any atom is -0.387 e. The highest BCUT2D eigenvalue weighted by Gasteiger charge is 2.42. The Balaban J connectivity index is 1.98. The Bertz CT molecular complexity index is 583. The molecule has 2 aromatic rings. The Morgan fingerprint density at radius 3 is 1.79 bits per heavy atom. The molecular weight excluding hydrogens is 260 g/mol. The zero-order chi connectivity index (χ0) is 13.4. The molecule has 98 valence electrons. The van der Waals surface area contributed by atoms with Crippen molar-refractivity contribution in [2.75, 3.05) is 0 Å². The summed E-state index contributed by atoms with van der Waals surface area (Å²) < 4.78 is 12.5. The molecule has 0 radical (unpaired) electrons. The smallest absolute Gasteiger partial charge is 0.0996 e. The number of aliphatic hydroxyl groups is 2. The normalized spacial score (nSPS) is 24.1. The zero-order valence-electron chi connectivity index (χ0n) is 10.1. The monoisotopic (exact) mass is 274 g/mol. The molecule has 0 saturated carbocycles. The predicted molar refractivity (Wildman–Crippen MR) is 73.0 cm³/mol. The van der Waals surface area contributed by atoms with Crippen LogP contribution in [0.4, 0.5) is 0 Å². The van der Waals surface area contributed by atoms with Gasteiger partial charge in [-0.3, -0.25) is 4.21 Å². The van der Waals surface area contributed by atoms with Gasteiger partial charge in [0.2, 0.25) is 0 Å². The first-order valence-corrected chi connectivity index (χ1v) is 7.32. The van der Waals surface area contributed by atoms with Gasteiger partial charge < -0.3 is 10.2 Å². The molecule has 3 rings (SSSR count). The van der Waals surface area contributed by atoms with E-state index in [1.54, 1.807) is 36.4 Å². The Labute approximate surface area is 114 Å². The maximum Gasteiger partial charge on any atom is 0.0996 e. The molecule has 0 amide bonds. The number of hydrogen-bond donors (Lipinski definition) is 2. The number of fused-ring (bicyclic) bond motifs is 1. The van der Waals surface area contributed by atoms with Crippen molar-refractivity contribution in [3.8, 4) is 0 Å². The third kappa shape index (κ3) is 2.02. The molecule has 0 heterocycles. The lowest BCUT2D eigenvalue weighted by atomic mass is 10.1. The van der Waals surface area contributed by atoms with E-state index < -0.39 is 28.3 Å². The van der Waals surface area contributed by atoms with Crippen LogP contribution in [0.15, 0.2) is 59.5 Å². The van der Waals surface area contributed by atoms with Crippen LogP contribution in [0.1, 0.15) is 23.3 Å². The van der Waals surface area contributed by atoms with Gasteiger partial charge in [-0.25, -0.2) is 0 Å². The molecule has 0 aromatic heterocycles. The molecule has 0 saturated heterocycles. The van der Waals surface area contributed by atoms with Crippen LogP contribution in [0.5, 0.6) is 0 Å². The Hall–Kier alpha value is -1.49. The molecule has 0 bridgehead atoms. The van der Waals surface area contributed by atoms with Gasteiger partial charge >= 0.3 is 0 Å². The summed E-state index contributed by atoms with van der Waals surface area (Å²) >= 11 is 0. The highest BCUT2D eigenvalue weighted by atomic mass is 32.2. The van der Waals surface area contributed by atoms with E-state index in [1.165, 1.54) is 0 Å². The van der Waals surface area contributed by atoms with Crippen molar-refractivity contribution in [1.82, 2.24) is 0 Å². The lowest BCUT2D eigenvalue weighted by Gasteiger charge is -2.18. The summed E-state index contributed by atoms with van der Waals surface area (Å²) in [7, 11) is -1.45. The Morgan fingerprint density at radius 2 is 1.26 bits per heavy atom. The summed E-state index contributed by atoms with van der Waals surface area (Å²) in [5.74, 6) is 0. The summed E-state index contributed by atoms with van der Waals surface area (Å²) in [4.78, 5) is 0.624. The summed E-state index contributed by atoms with van der Waals surface area (Å²) in [5.41, 5.74) is 1.34. The predicted octanol–water partition coefficient (Wildman–Crippen LogP) is 1.94. The highest BCUT2D eigenvalue weighted by molar-refractivity contribution is 7.85. The molecule has 0 aliphatic heterocycles. The van der Waals surface area contributed by atoms with Crippen LogP contribution in [0, 0.1) is 0 Å². The summed E-state index contributed by atoms with van der Waals surface area (Å²) in [6.07, 6.45) is -1.79. The first-order valence-electron chi connectivity index (χ1n) is 6.10. The van der Waals surface area contributed by atoms with Crippen molar-refractivity contribution in [2.45, 2.75) is 22.4 Å². The first kappa shape index (κ1) is 12.5. The van der Waals surface area contributed by atoms with Gasteiger partial charge in [0.1, 0.15) is 0 Å². The summed E-state index contributed by atoms with van der Waals surface area (Å²) in [6.45, 7) is 0. The molecule has 1 aliphatic rings. The molecule has 2 N–H and O–H groups in total. The highest BCUT2D eigenvalue weighted by Crippen LogP contribution is 2.42. The fraction of sp³-hybridized carbons (Fsp3) is 0.200. The van der Waals surface area contributed by atoms with Crippen molar-refractivity contribution < 1.29 is 14.4 Å². The molecule has 19 heavy (non-hydrogen) atoms. The van der Waals surface area contributed by atoms with Gasteiger partial charge in [-0.1, -0.05) is 42.5 Å². The molecule has 0 fully saturated rings. The van der Waals surface area contributed by atoms with E-state index in [4.69, 9.17) is 0 Å². The number of rotatable bonds is 2. The quantitative estimate of drug-likeness (QED) is 0.880. The van der Waals surface area contributed by atoms with Gasteiger partial charge in [0.25, 0.3) is 0 Å². The van der Waals surface area contributed by atoms with Crippen LogP contribution in [0.2, 0.25) is 0 Å². The van der Waals surface area contributed by atoms with E-state index >= 15 is 0 Å². The van der Waals surface area contributed by atoms with Crippen molar-refractivity contribution in [3.05, 3.63) is 65.7 Å². The average Bonchev–Trinajstić information content (AvgIpc) is 2.72. The molecular formula is C15H14O3S. The van der Waals surface area contributed by atoms with E-state index in [0.29, 0.717) is 16.0 Å². The first-order chi connectivity index (χ1) is 9.20. The number of aliphatic hydroxyl groups excluding tert-OH is 2. The minimum atomic E-state index is -1.45. The molecule has 1 unspecified atom stereocenters. The second kappa shape index (κ2) is 4.89. The average molecular weight is 274 g/mol. The molecule has 0 spiro atoms. The van der Waals surface area contributed by atoms with Crippen molar-refractivity contribution in [2.24, 2.45) is 0 Å². The fourth-order valence-corrected chi connectivity index (χ4v) is 4.02. The van der Waals surface area contributed by atoms with Crippen LogP contribution in [0.25, 0.3) is 0 Å². The minimum absolute atomic E-state index is 0.624. The van der Waals surface area contributed by atoms with E-state index in [9.17, 15) is 14.4 Å². The molecule has 1 aliphatic carbocycles. The molecule has 3 atom stereocenters. The lowest BCUT2D eigenvalue weighted by Crippen LogP contribution is -2.24. The van der Waals surface area contributed by atoms with Crippen LogP contribution < -0.4 is 0 Å². The zero-order valence-corrected chi connectivity index (χ0v) is 11.0. The van der Waals surface area contributed by atoms with Crippen molar-refractivity contribution >= 4 is 10.8 Å². The summed E-state index contributed by atoms with van der Waals surface area (Å²) in [5, 5.41) is 19.9. The van der Waals surface area contributed by atoms with Crippen LogP contribution in [-0.4, -0.2) is 19.7 Å². The van der Waals surface area contributed by atoms with E-state index in [1.807, 2.05) is 18.2 Å². The van der Waals surface area contributed by atoms with Gasteiger partial charge in [0.05, 0.1) is 28.3 Å².